The third-order valence-electron chi connectivity index (χ3n) is 6.62. The molecule has 176 valence electrons. The Morgan fingerprint density at radius 3 is 2.64 bits per heavy atom. The average Bonchev–Trinajstić information content (AvgIpc) is 3.17. The van der Waals surface area contributed by atoms with E-state index < -0.39 is 0 Å². The van der Waals surface area contributed by atoms with Crippen LogP contribution in [0.2, 0.25) is 0 Å². The summed E-state index contributed by atoms with van der Waals surface area (Å²) < 4.78 is 1.63. The van der Waals surface area contributed by atoms with Crippen LogP contribution in [0.4, 0.5) is 0 Å². The molecule has 8 heteroatoms. The molecule has 1 fully saturated rings. The van der Waals surface area contributed by atoms with E-state index in [9.17, 15) is 14.4 Å². The van der Waals surface area contributed by atoms with Crippen molar-refractivity contribution in [3.63, 3.8) is 0 Å². The van der Waals surface area contributed by atoms with E-state index in [1.54, 1.807) is 17.8 Å². The van der Waals surface area contributed by atoms with E-state index in [1.165, 1.54) is 11.3 Å². The maximum Gasteiger partial charge on any atom is 0.274 e. The van der Waals surface area contributed by atoms with Gasteiger partial charge in [0.15, 0.2) is 5.69 Å². The Hall–Kier alpha value is -3.16. The van der Waals surface area contributed by atoms with Gasteiger partial charge in [0.25, 0.3) is 11.8 Å². The van der Waals surface area contributed by atoms with Crippen LogP contribution in [0.15, 0.2) is 30.3 Å². The molecule has 0 bridgehead atoms. The number of fused-ring (bicyclic) bond motifs is 1. The van der Waals surface area contributed by atoms with Crippen LogP contribution in [0.3, 0.4) is 0 Å². The molecule has 1 N–H and O–H groups in total. The molecule has 2 heterocycles. The highest BCUT2D eigenvalue weighted by Crippen LogP contribution is 2.19. The topological polar surface area (TPSA) is 87.5 Å². The van der Waals surface area contributed by atoms with Gasteiger partial charge >= 0.3 is 0 Å². The highest BCUT2D eigenvalue weighted by Gasteiger charge is 2.28. The Kier molecular flexibility index (Phi) is 7.11. The summed E-state index contributed by atoms with van der Waals surface area (Å²) in [4.78, 5) is 41.8. The second kappa shape index (κ2) is 10.2. The summed E-state index contributed by atoms with van der Waals surface area (Å²) in [5.74, 6) is -0.633. The van der Waals surface area contributed by atoms with Gasteiger partial charge < -0.3 is 15.1 Å². The van der Waals surface area contributed by atoms with Crippen LogP contribution in [-0.2, 0) is 17.9 Å². The molecule has 33 heavy (non-hydrogen) atoms. The minimum atomic E-state index is -0.354. The summed E-state index contributed by atoms with van der Waals surface area (Å²) in [7, 11) is 1.60. The summed E-state index contributed by atoms with van der Waals surface area (Å²) in [6, 6.07) is 9.81. The van der Waals surface area contributed by atoms with Crippen LogP contribution >= 0.6 is 0 Å². The first-order chi connectivity index (χ1) is 15.9. The highest BCUT2D eigenvalue weighted by molar-refractivity contribution is 5.99. The summed E-state index contributed by atoms with van der Waals surface area (Å²) >= 11 is 0. The number of carbonyl (C=O) groups is 3. The van der Waals surface area contributed by atoms with Crippen LogP contribution in [0, 0.1) is 6.92 Å². The van der Waals surface area contributed by atoms with Crippen molar-refractivity contribution in [2.45, 2.75) is 64.6 Å². The molecule has 4 rings (SSSR count). The zero-order valence-electron chi connectivity index (χ0n) is 19.5. The second-order valence-corrected chi connectivity index (χ2v) is 9.21. The van der Waals surface area contributed by atoms with Gasteiger partial charge in [0.05, 0.1) is 6.54 Å². The van der Waals surface area contributed by atoms with E-state index in [4.69, 9.17) is 0 Å². The lowest BCUT2D eigenvalue weighted by molar-refractivity contribution is -0.122. The fraction of sp³-hybridized carbons (Fsp3) is 0.520. The SMILES string of the molecule is Cc1ccccc1CN1CCCn2nc(C(=O)N(C)CC(=O)NC3CCCCC3)cc2C1=O. The lowest BCUT2D eigenvalue weighted by atomic mass is 9.95. The van der Waals surface area contributed by atoms with Crippen LogP contribution in [0.1, 0.15) is 70.6 Å². The van der Waals surface area contributed by atoms with Gasteiger partial charge in [-0.05, 0) is 37.3 Å². The molecule has 1 aromatic carbocycles. The number of carbonyl (C=O) groups excluding carboxylic acids is 3. The molecule has 0 atom stereocenters. The zero-order chi connectivity index (χ0) is 23.4. The standard InChI is InChI=1S/C25H33N5O3/c1-18-9-6-7-10-19(18)16-29-13-8-14-30-22(25(29)33)15-21(27-30)24(32)28(2)17-23(31)26-20-11-4-3-5-12-20/h6-7,9-10,15,20H,3-5,8,11-14,16-17H2,1-2H3,(H,26,31). The molecular weight excluding hydrogens is 418 g/mol. The van der Waals surface area contributed by atoms with Crippen LogP contribution < -0.4 is 5.32 Å². The third kappa shape index (κ3) is 5.43. The maximum atomic E-state index is 13.2. The number of hydrogen-bond acceptors (Lipinski definition) is 4. The first-order valence-corrected chi connectivity index (χ1v) is 11.9. The van der Waals surface area contributed by atoms with Crippen molar-refractivity contribution < 1.29 is 14.4 Å². The van der Waals surface area contributed by atoms with Gasteiger partial charge in [0.1, 0.15) is 5.69 Å². The number of amides is 3. The molecule has 0 unspecified atom stereocenters. The Morgan fingerprint density at radius 2 is 1.88 bits per heavy atom. The van der Waals surface area contributed by atoms with Crippen LogP contribution in [-0.4, -0.2) is 63.5 Å². The number of nitrogens with zero attached hydrogens (tertiary/aromatic N) is 4. The van der Waals surface area contributed by atoms with Crippen molar-refractivity contribution in [2.75, 3.05) is 20.1 Å². The van der Waals surface area contributed by atoms with Gasteiger partial charge in [-0.25, -0.2) is 0 Å². The Labute approximate surface area is 194 Å². The summed E-state index contributed by atoms with van der Waals surface area (Å²) in [5.41, 5.74) is 2.87. The fourth-order valence-electron chi connectivity index (χ4n) is 4.69. The lowest BCUT2D eigenvalue weighted by Crippen LogP contribution is -2.43. The van der Waals surface area contributed by atoms with E-state index in [0.717, 1.165) is 43.2 Å². The smallest absolute Gasteiger partial charge is 0.274 e. The Morgan fingerprint density at radius 1 is 1.12 bits per heavy atom. The first kappa shape index (κ1) is 23.0. The molecule has 8 nitrogen and oxygen atoms in total. The van der Waals surface area contributed by atoms with Gasteiger partial charge in [-0.1, -0.05) is 43.5 Å². The average molecular weight is 452 g/mol. The van der Waals surface area contributed by atoms with Crippen molar-refractivity contribution in [2.24, 2.45) is 0 Å². The third-order valence-corrected chi connectivity index (χ3v) is 6.62. The molecule has 2 aliphatic rings. The quantitative estimate of drug-likeness (QED) is 0.732. The number of benzene rings is 1. The van der Waals surface area contributed by atoms with Crippen molar-refractivity contribution in [3.8, 4) is 0 Å². The van der Waals surface area contributed by atoms with Gasteiger partial charge in [0, 0.05) is 38.8 Å². The van der Waals surface area contributed by atoms with Gasteiger partial charge in [-0.3, -0.25) is 19.1 Å². The number of likely N-dealkylation sites (N-methyl/N-ethyl adjacent to an activating group) is 1. The maximum absolute atomic E-state index is 13.2. The van der Waals surface area contributed by atoms with Gasteiger partial charge in [0.2, 0.25) is 5.91 Å². The number of hydrogen-bond donors (Lipinski definition) is 1. The van der Waals surface area contributed by atoms with Crippen molar-refractivity contribution in [1.82, 2.24) is 24.9 Å². The highest BCUT2D eigenvalue weighted by atomic mass is 16.2. The Balaban J connectivity index is 1.41. The van der Waals surface area contributed by atoms with E-state index in [-0.39, 0.29) is 36.0 Å². The molecule has 2 aromatic rings. The van der Waals surface area contributed by atoms with Gasteiger partial charge in [-0.2, -0.15) is 5.10 Å². The van der Waals surface area contributed by atoms with E-state index in [1.807, 2.05) is 36.1 Å². The number of nitrogens with one attached hydrogen (secondary N) is 1. The summed E-state index contributed by atoms with van der Waals surface area (Å²) in [6.45, 7) is 3.76. The normalized spacial score (nSPS) is 16.8. The van der Waals surface area contributed by atoms with E-state index in [2.05, 4.69) is 10.4 Å². The molecule has 0 saturated heterocycles. The molecule has 0 radical (unpaired) electrons. The zero-order valence-corrected chi connectivity index (χ0v) is 19.5. The number of aromatic nitrogens is 2. The molecule has 1 aromatic heterocycles. The van der Waals surface area contributed by atoms with Gasteiger partial charge in [-0.15, -0.1) is 0 Å². The predicted octanol–water partition coefficient (Wildman–Crippen LogP) is 2.76. The molecule has 3 amide bonds. The molecule has 1 aliphatic carbocycles. The first-order valence-electron chi connectivity index (χ1n) is 11.9. The fourth-order valence-corrected chi connectivity index (χ4v) is 4.69. The second-order valence-electron chi connectivity index (χ2n) is 9.21. The largest absolute Gasteiger partial charge is 0.352 e. The minimum absolute atomic E-state index is 0.0229. The van der Waals surface area contributed by atoms with Crippen molar-refractivity contribution in [1.29, 1.82) is 0 Å². The van der Waals surface area contributed by atoms with Crippen LogP contribution in [0.5, 0.6) is 0 Å². The molecule has 1 saturated carbocycles. The molecular formula is C25H33N5O3. The number of rotatable bonds is 6. The molecule has 0 spiro atoms. The molecule has 1 aliphatic heterocycles. The summed E-state index contributed by atoms with van der Waals surface area (Å²) in [6.07, 6.45) is 6.25. The summed E-state index contributed by atoms with van der Waals surface area (Å²) in [5, 5.41) is 7.45. The Bertz CT molecular complexity index is 1020. The van der Waals surface area contributed by atoms with E-state index >= 15 is 0 Å². The predicted molar refractivity (Wildman–Crippen MR) is 125 cm³/mol. The van der Waals surface area contributed by atoms with E-state index in [0.29, 0.717) is 25.3 Å². The lowest BCUT2D eigenvalue weighted by Gasteiger charge is -2.24. The van der Waals surface area contributed by atoms with Crippen molar-refractivity contribution in [3.05, 3.63) is 52.8 Å². The van der Waals surface area contributed by atoms with Crippen molar-refractivity contribution >= 4 is 17.7 Å². The number of aryl methyl sites for hydroxylation is 2. The van der Waals surface area contributed by atoms with Crippen LogP contribution in [0.25, 0.3) is 0 Å². The monoisotopic (exact) mass is 451 g/mol. The minimum Gasteiger partial charge on any atom is -0.352 e.